The highest BCUT2D eigenvalue weighted by molar-refractivity contribution is 7.89. The maximum atomic E-state index is 12.7. The fraction of sp³-hybridized carbons (Fsp3) is 0.286. The molecule has 4 rings (SSSR count). The molecule has 3 aromatic rings. The lowest BCUT2D eigenvalue weighted by Gasteiger charge is -2.16. The number of hydrogen-bond acceptors (Lipinski definition) is 7. The van der Waals surface area contributed by atoms with Crippen LogP contribution in [-0.4, -0.2) is 29.5 Å². The Morgan fingerprint density at radius 3 is 2.61 bits per heavy atom. The van der Waals surface area contributed by atoms with Crippen molar-refractivity contribution in [3.05, 3.63) is 59.9 Å². The van der Waals surface area contributed by atoms with Crippen LogP contribution in [0.5, 0.6) is 0 Å². The number of sulfonamides is 1. The second-order valence-corrected chi connectivity index (χ2v) is 9.49. The van der Waals surface area contributed by atoms with Crippen LogP contribution in [0.2, 0.25) is 0 Å². The first-order valence-corrected chi connectivity index (χ1v) is 11.2. The summed E-state index contributed by atoms with van der Waals surface area (Å²) >= 11 is 0. The van der Waals surface area contributed by atoms with Crippen LogP contribution in [0.4, 0.5) is 10.5 Å². The van der Waals surface area contributed by atoms with Gasteiger partial charge in [-0.25, -0.2) is 19.5 Å². The topological polar surface area (TPSA) is 134 Å². The third-order valence-electron chi connectivity index (χ3n) is 5.17. The summed E-state index contributed by atoms with van der Waals surface area (Å²) < 4.78 is 32.2. The molecule has 2 heterocycles. The Kier molecular flexibility index (Phi) is 5.28. The first kappa shape index (κ1) is 21.0. The van der Waals surface area contributed by atoms with Crippen molar-refractivity contribution in [2.24, 2.45) is 0 Å². The number of aryl methyl sites for hydroxylation is 1. The average Bonchev–Trinajstić information content (AvgIpc) is 3.38. The Morgan fingerprint density at radius 1 is 1.19 bits per heavy atom. The zero-order valence-corrected chi connectivity index (χ0v) is 17.9. The monoisotopic (exact) mass is 442 g/mol. The van der Waals surface area contributed by atoms with E-state index in [2.05, 4.69) is 15.3 Å². The molecule has 2 aromatic heterocycles. The van der Waals surface area contributed by atoms with E-state index in [1.54, 1.807) is 12.4 Å². The Hall–Kier alpha value is -3.24. The van der Waals surface area contributed by atoms with Gasteiger partial charge >= 0.3 is 6.03 Å². The molecule has 2 amide bonds. The number of carbonyl (C=O) groups excluding carboxylic acids is 1. The maximum absolute atomic E-state index is 12.7. The maximum Gasteiger partial charge on any atom is 0.333 e. The molecule has 1 aliphatic carbocycles. The summed E-state index contributed by atoms with van der Waals surface area (Å²) in [6.45, 7) is 3.00. The number of aliphatic hydroxyl groups is 1. The molecule has 0 atom stereocenters. The van der Waals surface area contributed by atoms with Gasteiger partial charge in [-0.05, 0) is 44.2 Å². The van der Waals surface area contributed by atoms with Gasteiger partial charge in [-0.2, -0.15) is 8.42 Å². The number of aromatic nitrogens is 2. The number of fused-ring (bicyclic) bond motifs is 1. The largest absolute Gasteiger partial charge is 0.451 e. The quantitative estimate of drug-likeness (QED) is 0.553. The van der Waals surface area contributed by atoms with Gasteiger partial charge in [0.1, 0.15) is 6.33 Å². The molecule has 3 N–H and O–H groups in total. The van der Waals surface area contributed by atoms with Gasteiger partial charge in [0.25, 0.3) is 10.0 Å². The number of nitrogens with one attached hydrogen (secondary N) is 2. The van der Waals surface area contributed by atoms with Gasteiger partial charge in [-0.15, -0.1) is 0 Å². The Morgan fingerprint density at radius 2 is 1.94 bits per heavy atom. The minimum atomic E-state index is -4.28. The molecule has 0 aliphatic heterocycles. The zero-order valence-electron chi connectivity index (χ0n) is 17.0. The van der Waals surface area contributed by atoms with Gasteiger partial charge in [0.2, 0.25) is 5.09 Å². The highest BCUT2D eigenvalue weighted by Gasteiger charge is 2.27. The number of hydrogen-bond donors (Lipinski definition) is 3. The van der Waals surface area contributed by atoms with Gasteiger partial charge < -0.3 is 14.8 Å². The molecule has 0 spiro atoms. The minimum Gasteiger partial charge on any atom is -0.451 e. The smallest absolute Gasteiger partial charge is 0.333 e. The standard InChI is InChI=1S/C21H22N4O5S/c1-21(2,27)15-8-18(30-11-15)31(28,29)25-20(26)24-19-16-5-3-4-13(16)6-7-17(19)14-9-22-12-23-10-14/h6-12,27H,3-5H2,1-2H3,(H2,24,25,26). The van der Waals surface area contributed by atoms with Crippen LogP contribution in [0.15, 0.2) is 52.7 Å². The summed E-state index contributed by atoms with van der Waals surface area (Å²) in [5.41, 5.74) is 3.02. The molecule has 0 unspecified atom stereocenters. The number of carbonyl (C=O) groups is 1. The summed E-state index contributed by atoms with van der Waals surface area (Å²) in [7, 11) is -4.28. The molecule has 9 nitrogen and oxygen atoms in total. The third-order valence-corrected chi connectivity index (χ3v) is 6.36. The second-order valence-electron chi connectivity index (χ2n) is 7.88. The fourth-order valence-corrected chi connectivity index (χ4v) is 4.43. The number of amides is 2. The average molecular weight is 442 g/mol. The van der Waals surface area contributed by atoms with Crippen molar-refractivity contribution in [2.45, 2.75) is 43.8 Å². The van der Waals surface area contributed by atoms with Crippen molar-refractivity contribution in [3.8, 4) is 11.1 Å². The van der Waals surface area contributed by atoms with Gasteiger partial charge in [-0.1, -0.05) is 12.1 Å². The van der Waals surface area contributed by atoms with Crippen molar-refractivity contribution in [2.75, 3.05) is 5.32 Å². The first-order valence-electron chi connectivity index (χ1n) is 9.70. The SMILES string of the molecule is CC(C)(O)c1coc(S(=O)(=O)NC(=O)Nc2c(-c3cncnc3)ccc3c2CCC3)c1. The summed E-state index contributed by atoms with van der Waals surface area (Å²) in [4.78, 5) is 20.7. The van der Waals surface area contributed by atoms with E-state index in [4.69, 9.17) is 4.42 Å². The minimum absolute atomic E-state index is 0.278. The second kappa shape index (κ2) is 7.78. The molecule has 1 aromatic carbocycles. The lowest BCUT2D eigenvalue weighted by molar-refractivity contribution is 0.0779. The van der Waals surface area contributed by atoms with Crippen LogP contribution in [0.3, 0.4) is 0 Å². The Bertz CT molecular complexity index is 1230. The van der Waals surface area contributed by atoms with E-state index < -0.39 is 26.7 Å². The summed E-state index contributed by atoms with van der Waals surface area (Å²) in [5.74, 6) is 0. The lowest BCUT2D eigenvalue weighted by Crippen LogP contribution is -2.34. The van der Waals surface area contributed by atoms with Crippen molar-refractivity contribution < 1.29 is 22.7 Å². The molecular weight excluding hydrogens is 420 g/mol. The number of rotatable bonds is 5. The molecular formula is C21H22N4O5S. The molecule has 0 saturated carbocycles. The number of urea groups is 1. The molecule has 162 valence electrons. The summed E-state index contributed by atoms with van der Waals surface area (Å²) in [5, 5.41) is 12.2. The first-order chi connectivity index (χ1) is 14.6. The Labute approximate surface area is 179 Å². The van der Waals surface area contributed by atoms with Crippen LogP contribution < -0.4 is 10.0 Å². The number of benzene rings is 1. The van der Waals surface area contributed by atoms with Gasteiger partial charge in [-0.3, -0.25) is 0 Å². The molecule has 10 heteroatoms. The van der Waals surface area contributed by atoms with Crippen molar-refractivity contribution >= 4 is 21.7 Å². The van der Waals surface area contributed by atoms with Crippen LogP contribution >= 0.6 is 0 Å². The van der Waals surface area contributed by atoms with Gasteiger partial charge in [0, 0.05) is 35.2 Å². The normalized spacial score (nSPS) is 13.6. The van der Waals surface area contributed by atoms with Gasteiger partial charge in [0.15, 0.2) is 0 Å². The Balaban J connectivity index is 1.62. The predicted molar refractivity (Wildman–Crippen MR) is 113 cm³/mol. The number of furan rings is 1. The fourth-order valence-electron chi connectivity index (χ4n) is 3.58. The van der Waals surface area contributed by atoms with E-state index in [0.29, 0.717) is 16.8 Å². The van der Waals surface area contributed by atoms with Crippen molar-refractivity contribution in [1.82, 2.24) is 14.7 Å². The van der Waals surface area contributed by atoms with E-state index in [9.17, 15) is 18.3 Å². The van der Waals surface area contributed by atoms with Crippen LogP contribution in [0.1, 0.15) is 37.0 Å². The van der Waals surface area contributed by atoms with Crippen LogP contribution in [-0.2, 0) is 28.5 Å². The van der Waals surface area contributed by atoms with E-state index in [-0.39, 0.29) is 5.56 Å². The van der Waals surface area contributed by atoms with Crippen molar-refractivity contribution in [3.63, 3.8) is 0 Å². The highest BCUT2D eigenvalue weighted by atomic mass is 32.2. The number of nitrogens with zero attached hydrogens (tertiary/aromatic N) is 2. The van der Waals surface area contributed by atoms with E-state index in [0.717, 1.165) is 36.7 Å². The van der Waals surface area contributed by atoms with E-state index in [1.165, 1.54) is 26.2 Å². The van der Waals surface area contributed by atoms with Gasteiger partial charge in [0.05, 0.1) is 17.6 Å². The highest BCUT2D eigenvalue weighted by Crippen LogP contribution is 2.37. The van der Waals surface area contributed by atoms with E-state index in [1.807, 2.05) is 16.9 Å². The molecule has 31 heavy (non-hydrogen) atoms. The van der Waals surface area contributed by atoms with E-state index >= 15 is 0 Å². The predicted octanol–water partition coefficient (Wildman–Crippen LogP) is 2.96. The molecule has 0 saturated heterocycles. The zero-order chi connectivity index (χ0) is 22.2. The number of anilines is 1. The van der Waals surface area contributed by atoms with Crippen LogP contribution in [0, 0.1) is 0 Å². The summed E-state index contributed by atoms with van der Waals surface area (Å²) in [6.07, 6.45) is 8.42. The third kappa shape index (κ3) is 4.30. The van der Waals surface area contributed by atoms with Crippen LogP contribution in [0.25, 0.3) is 11.1 Å². The molecule has 0 fully saturated rings. The van der Waals surface area contributed by atoms with Crippen molar-refractivity contribution in [1.29, 1.82) is 0 Å². The molecule has 1 aliphatic rings. The lowest BCUT2D eigenvalue weighted by atomic mass is 9.99. The summed E-state index contributed by atoms with van der Waals surface area (Å²) in [6, 6.07) is 4.14. The molecule has 0 bridgehead atoms. The molecule has 0 radical (unpaired) electrons.